The van der Waals surface area contributed by atoms with Crippen LogP contribution in [-0.4, -0.2) is 43.1 Å². The van der Waals surface area contributed by atoms with E-state index in [0.29, 0.717) is 0 Å². The fraction of sp³-hybridized carbons (Fsp3) is 0.231. The van der Waals surface area contributed by atoms with E-state index >= 15 is 0 Å². The molecule has 1 unspecified atom stereocenters. The maximum Gasteiger partial charge on any atom is 0.369 e. The second-order valence-corrected chi connectivity index (χ2v) is 5.44. The summed E-state index contributed by atoms with van der Waals surface area (Å²) in [6.45, 7) is 0. The summed E-state index contributed by atoms with van der Waals surface area (Å²) < 4.78 is 0. The Morgan fingerprint density at radius 3 is 2.10 bits per heavy atom. The second kappa shape index (κ2) is 5.66. The number of benzene rings is 1. The highest BCUT2D eigenvalue weighted by Crippen LogP contribution is 2.34. The van der Waals surface area contributed by atoms with Gasteiger partial charge in [-0.15, -0.1) is 0 Å². The molecule has 2 rings (SSSR count). The molecule has 1 aromatic rings. The Hall–Kier alpha value is -2.19. The van der Waals surface area contributed by atoms with Crippen LogP contribution < -0.4 is 0 Å². The first-order valence-electron chi connectivity index (χ1n) is 5.96. The minimum Gasteiger partial charge on any atom is -0.477 e. The van der Waals surface area contributed by atoms with Crippen molar-refractivity contribution in [1.29, 1.82) is 0 Å². The van der Waals surface area contributed by atoms with Gasteiger partial charge in [-0.1, -0.05) is 30.3 Å². The zero-order chi connectivity index (χ0) is 15.6. The number of hydrogen-bond acceptors (Lipinski definition) is 6. The first kappa shape index (κ1) is 15.2. The van der Waals surface area contributed by atoms with Crippen LogP contribution >= 0.6 is 11.8 Å². The highest BCUT2D eigenvalue weighted by atomic mass is 32.2. The summed E-state index contributed by atoms with van der Waals surface area (Å²) in [5, 5.41) is 15.7. The SMILES string of the molecule is O=C(SC(O)(C(=O)O)N1C(=O)CCC1=O)c1ccccc1. The van der Waals surface area contributed by atoms with E-state index in [1.807, 2.05) is 0 Å². The Morgan fingerprint density at radius 1 is 1.10 bits per heavy atom. The third kappa shape index (κ3) is 2.81. The first-order valence-corrected chi connectivity index (χ1v) is 6.78. The van der Waals surface area contributed by atoms with Gasteiger partial charge < -0.3 is 10.2 Å². The molecule has 1 aliphatic rings. The van der Waals surface area contributed by atoms with Gasteiger partial charge in [0, 0.05) is 18.4 Å². The Balaban J connectivity index is 2.31. The van der Waals surface area contributed by atoms with Crippen molar-refractivity contribution in [1.82, 2.24) is 4.90 Å². The molecule has 1 fully saturated rings. The molecule has 1 aromatic carbocycles. The van der Waals surface area contributed by atoms with Crippen molar-refractivity contribution in [3.05, 3.63) is 35.9 Å². The molecule has 2 N–H and O–H groups in total. The Kier molecular flexibility index (Phi) is 4.10. The molecule has 1 heterocycles. The minimum atomic E-state index is -2.93. The molecule has 1 saturated heterocycles. The van der Waals surface area contributed by atoms with E-state index in [0.717, 1.165) is 0 Å². The number of hydrogen-bond donors (Lipinski definition) is 2. The lowest BCUT2D eigenvalue weighted by Gasteiger charge is -2.29. The molecule has 1 aliphatic heterocycles. The smallest absolute Gasteiger partial charge is 0.369 e. The van der Waals surface area contributed by atoms with Gasteiger partial charge in [0.2, 0.25) is 16.9 Å². The number of rotatable bonds is 4. The number of aliphatic carboxylic acids is 1. The highest BCUT2D eigenvalue weighted by molar-refractivity contribution is 8.15. The van der Waals surface area contributed by atoms with E-state index in [9.17, 15) is 24.3 Å². The van der Waals surface area contributed by atoms with Crippen LogP contribution in [0.25, 0.3) is 0 Å². The number of likely N-dealkylation sites (tertiary alicyclic amines) is 1. The van der Waals surface area contributed by atoms with E-state index < -0.39 is 28.0 Å². The number of nitrogens with zero attached hydrogens (tertiary/aromatic N) is 1. The number of aliphatic hydroxyl groups is 1. The van der Waals surface area contributed by atoms with E-state index in [1.165, 1.54) is 12.1 Å². The van der Waals surface area contributed by atoms with E-state index in [2.05, 4.69) is 0 Å². The topological polar surface area (TPSA) is 112 Å². The van der Waals surface area contributed by atoms with Crippen LogP contribution in [0, 0.1) is 0 Å². The van der Waals surface area contributed by atoms with Gasteiger partial charge in [-0.3, -0.25) is 14.4 Å². The molecule has 0 bridgehead atoms. The summed E-state index contributed by atoms with van der Waals surface area (Å²) >= 11 is 0.0144. The van der Waals surface area contributed by atoms with Crippen molar-refractivity contribution >= 4 is 34.7 Å². The fourth-order valence-corrected chi connectivity index (χ4v) is 2.76. The van der Waals surface area contributed by atoms with Gasteiger partial charge in [-0.05, 0) is 11.8 Å². The minimum absolute atomic E-state index is 0.0144. The van der Waals surface area contributed by atoms with Crippen LogP contribution in [-0.2, 0) is 14.4 Å². The lowest BCUT2D eigenvalue weighted by molar-refractivity contribution is -0.173. The average Bonchev–Trinajstić information content (AvgIpc) is 2.79. The molecule has 0 aliphatic carbocycles. The molecule has 1 atom stereocenters. The quantitative estimate of drug-likeness (QED) is 0.613. The maximum atomic E-state index is 12.0. The van der Waals surface area contributed by atoms with E-state index in [4.69, 9.17) is 5.11 Å². The molecule has 8 heteroatoms. The van der Waals surface area contributed by atoms with E-state index in [1.54, 1.807) is 18.2 Å². The zero-order valence-corrected chi connectivity index (χ0v) is 11.5. The van der Waals surface area contributed by atoms with Crippen molar-refractivity contribution in [3.63, 3.8) is 0 Å². The van der Waals surface area contributed by atoms with Crippen LogP contribution in [0.15, 0.2) is 30.3 Å². The summed E-state index contributed by atoms with van der Waals surface area (Å²) in [5.74, 6) is -3.49. The molecule has 110 valence electrons. The van der Waals surface area contributed by atoms with Crippen LogP contribution in [0.2, 0.25) is 0 Å². The molecule has 21 heavy (non-hydrogen) atoms. The third-order valence-electron chi connectivity index (χ3n) is 2.88. The second-order valence-electron chi connectivity index (χ2n) is 4.29. The molecule has 7 nitrogen and oxygen atoms in total. The van der Waals surface area contributed by atoms with Gasteiger partial charge >= 0.3 is 11.0 Å². The lowest BCUT2D eigenvalue weighted by atomic mass is 10.2. The number of carboxylic acid groups (broad SMARTS) is 1. The summed E-state index contributed by atoms with van der Waals surface area (Å²) in [6, 6.07) is 7.67. The fourth-order valence-electron chi connectivity index (χ4n) is 1.86. The molecule has 0 saturated carbocycles. The molecule has 2 amide bonds. The average molecular weight is 309 g/mol. The summed E-state index contributed by atoms with van der Waals surface area (Å²) in [7, 11) is 0. The van der Waals surface area contributed by atoms with Crippen LogP contribution in [0.1, 0.15) is 23.2 Å². The van der Waals surface area contributed by atoms with Crippen molar-refractivity contribution in [2.75, 3.05) is 0 Å². The van der Waals surface area contributed by atoms with Crippen LogP contribution in [0.5, 0.6) is 0 Å². The molecular weight excluding hydrogens is 298 g/mol. The molecule has 0 radical (unpaired) electrons. The monoisotopic (exact) mass is 309 g/mol. The molecular formula is C13H11NO6S. The van der Waals surface area contributed by atoms with Gasteiger partial charge in [-0.2, -0.15) is 0 Å². The predicted octanol–water partition coefficient (Wildman–Crippen LogP) is 0.440. The van der Waals surface area contributed by atoms with E-state index in [-0.39, 0.29) is 35.1 Å². The third-order valence-corrected chi connectivity index (χ3v) is 3.94. The summed E-state index contributed by atoms with van der Waals surface area (Å²) in [4.78, 5) is 46.8. The molecule has 0 spiro atoms. The number of amides is 2. The number of imide groups is 1. The summed E-state index contributed by atoms with van der Waals surface area (Å²) in [6.07, 6.45) is -0.372. The number of carboxylic acids is 1. The van der Waals surface area contributed by atoms with Crippen molar-refractivity contribution in [2.24, 2.45) is 0 Å². The lowest BCUT2D eigenvalue weighted by Crippen LogP contribution is -2.55. The van der Waals surface area contributed by atoms with Gasteiger partial charge in [-0.25, -0.2) is 9.69 Å². The normalized spacial score (nSPS) is 17.7. The van der Waals surface area contributed by atoms with Crippen LogP contribution in [0.3, 0.4) is 0 Å². The van der Waals surface area contributed by atoms with Gasteiger partial charge in [0.25, 0.3) is 0 Å². The van der Waals surface area contributed by atoms with Crippen molar-refractivity contribution in [3.8, 4) is 0 Å². The van der Waals surface area contributed by atoms with Crippen molar-refractivity contribution < 1.29 is 29.4 Å². The van der Waals surface area contributed by atoms with Gasteiger partial charge in [0.05, 0.1) is 0 Å². The Morgan fingerprint density at radius 2 is 1.62 bits per heavy atom. The standard InChI is InChI=1S/C13H11NO6S/c15-9-6-7-10(16)14(9)13(20,12(18)19)21-11(17)8-4-2-1-3-5-8/h1-5,20H,6-7H2,(H,18,19). The van der Waals surface area contributed by atoms with Crippen LogP contribution in [0.4, 0.5) is 0 Å². The highest BCUT2D eigenvalue weighted by Gasteiger charge is 2.53. The molecule has 0 aromatic heterocycles. The maximum absolute atomic E-state index is 12.0. The van der Waals surface area contributed by atoms with Gasteiger partial charge in [0.1, 0.15) is 0 Å². The largest absolute Gasteiger partial charge is 0.477 e. The Bertz CT molecular complexity index is 600. The predicted molar refractivity (Wildman–Crippen MR) is 72.0 cm³/mol. The Labute approximate surface area is 123 Å². The first-order chi connectivity index (χ1) is 9.86. The number of carbonyl (C=O) groups is 4. The summed E-state index contributed by atoms with van der Waals surface area (Å²) in [5.41, 5.74) is 0.154. The number of carbonyl (C=O) groups excluding carboxylic acids is 3. The number of thioether (sulfide) groups is 1. The van der Waals surface area contributed by atoms with Gasteiger partial charge in [0.15, 0.2) is 0 Å². The van der Waals surface area contributed by atoms with Crippen molar-refractivity contribution in [2.45, 2.75) is 17.9 Å². The zero-order valence-electron chi connectivity index (χ0n) is 10.7.